The van der Waals surface area contributed by atoms with Crippen LogP contribution in [0.5, 0.6) is 11.6 Å². The summed E-state index contributed by atoms with van der Waals surface area (Å²) in [6, 6.07) is 0. The smallest absolute Gasteiger partial charge is 0.373 e. The van der Waals surface area contributed by atoms with Crippen molar-refractivity contribution in [2.45, 2.75) is 29.2 Å². The van der Waals surface area contributed by atoms with E-state index in [9.17, 15) is 27.8 Å². The largest absolute Gasteiger partial charge is 0.668 e. The van der Waals surface area contributed by atoms with Crippen LogP contribution in [0.4, 0.5) is 0 Å². The van der Waals surface area contributed by atoms with Gasteiger partial charge in [-0.1, -0.05) is 4.73 Å². The summed E-state index contributed by atoms with van der Waals surface area (Å²) in [6.45, 7) is 0. The first-order chi connectivity index (χ1) is 16.8. The highest BCUT2D eigenvalue weighted by molar-refractivity contribution is 7.51. The molecule has 27 heteroatoms. The Kier molecular flexibility index (Phi) is 2.76. The van der Waals surface area contributed by atoms with E-state index in [1.807, 2.05) is 0 Å². The monoisotopic (exact) mass is 596 g/mol. The van der Waals surface area contributed by atoms with Gasteiger partial charge in [0.15, 0.2) is 0 Å². The van der Waals surface area contributed by atoms with Crippen LogP contribution in [-0.4, -0.2) is 32.6 Å². The first kappa shape index (κ1) is 20.5. The zero-order valence-electron chi connectivity index (χ0n) is 15.8. The molecule has 1 aromatic rings. The first-order valence-corrected chi connectivity index (χ1v) is 15.0. The van der Waals surface area contributed by atoms with E-state index in [2.05, 4.69) is 9.35 Å². The molecule has 0 aliphatic carbocycles. The van der Waals surface area contributed by atoms with Gasteiger partial charge in [-0.15, -0.1) is 9.35 Å². The number of nitrogens with zero attached hydrogens (tertiary/aromatic N) is 2. The molecule has 4 spiro atoms. The van der Waals surface area contributed by atoms with Crippen molar-refractivity contribution in [3.63, 3.8) is 0 Å². The molecule has 11 aliphatic rings. The van der Waals surface area contributed by atoms with Crippen LogP contribution < -0.4 is 24.9 Å². The van der Waals surface area contributed by atoms with E-state index >= 15 is 0 Å². The molecular formula is C9N2O21P4. The second-order valence-corrected chi connectivity index (χ2v) is 13.6. The van der Waals surface area contributed by atoms with Crippen LogP contribution in [0.3, 0.4) is 0 Å². The van der Waals surface area contributed by atoms with Crippen molar-refractivity contribution in [3.05, 3.63) is 20.8 Å². The maximum absolute atomic E-state index is 13.5. The minimum absolute atomic E-state index is 0.0652. The molecule has 192 valence electrons. The van der Waals surface area contributed by atoms with Gasteiger partial charge in [-0.2, -0.15) is 18.9 Å². The van der Waals surface area contributed by atoms with Gasteiger partial charge in [-0.05, 0) is 0 Å². The van der Waals surface area contributed by atoms with Gasteiger partial charge in [-0.25, -0.2) is 50.2 Å². The van der Waals surface area contributed by atoms with Gasteiger partial charge in [0.2, 0.25) is 0 Å². The van der Waals surface area contributed by atoms with Crippen LogP contribution in [0.2, 0.25) is 0 Å². The summed E-state index contributed by atoms with van der Waals surface area (Å²) in [5.74, 6) is -17.6. The number of ether oxygens (including phenoxy) is 1. The molecule has 0 amide bonds. The quantitative estimate of drug-likeness (QED) is 0.282. The molecule has 36 heavy (non-hydrogen) atoms. The van der Waals surface area contributed by atoms with Gasteiger partial charge >= 0.3 is 71.8 Å². The number of fused-ring (bicyclic) bond motifs is 4. The lowest BCUT2D eigenvalue weighted by atomic mass is 9.95. The van der Waals surface area contributed by atoms with Gasteiger partial charge in [0.05, 0.1) is 0 Å². The number of hydrogen-bond donors (Lipinski definition) is 0. The summed E-state index contributed by atoms with van der Waals surface area (Å²) < 4.78 is 119. The predicted molar refractivity (Wildman–Crippen MR) is 85.1 cm³/mol. The summed E-state index contributed by atoms with van der Waals surface area (Å²) in [5.41, 5.74) is -2.83. The molecular weight excluding hydrogens is 596 g/mol. The molecule has 0 saturated carbocycles. The van der Waals surface area contributed by atoms with E-state index in [0.29, 0.717) is 0 Å². The molecule has 4 unspecified atom stereocenters. The third-order valence-corrected chi connectivity index (χ3v) is 11.1. The number of aromatic nitrogens is 2. The number of hydrogen-bond acceptors (Lipinski definition) is 21. The first-order valence-electron chi connectivity index (χ1n) is 9.12. The summed E-state index contributed by atoms with van der Waals surface area (Å²) in [6.07, 6.45) is 0. The summed E-state index contributed by atoms with van der Waals surface area (Å²) >= 11 is 0. The van der Waals surface area contributed by atoms with Crippen molar-refractivity contribution in [3.8, 4) is 11.6 Å². The van der Waals surface area contributed by atoms with Crippen molar-refractivity contribution in [1.82, 2.24) is 9.30 Å². The van der Waals surface area contributed by atoms with E-state index in [1.165, 1.54) is 0 Å². The number of phosphoric acid groups is 4. The molecule has 12 heterocycles. The van der Waals surface area contributed by atoms with E-state index in [4.69, 9.17) is 59.9 Å². The molecule has 12 rings (SSSR count). The van der Waals surface area contributed by atoms with Crippen LogP contribution in [0.1, 0.15) is 0 Å². The second kappa shape index (κ2) is 4.85. The lowest BCUT2D eigenvalue weighted by molar-refractivity contribution is -0.562. The predicted octanol–water partition coefficient (Wildman–Crippen LogP) is -0.867. The van der Waals surface area contributed by atoms with E-state index in [1.54, 1.807) is 0 Å². The summed E-state index contributed by atoms with van der Waals surface area (Å²) in [5, 5.41) is 0. The van der Waals surface area contributed by atoms with Crippen molar-refractivity contribution in [2.24, 2.45) is 0 Å². The van der Waals surface area contributed by atoms with Crippen LogP contribution in [0, 0.1) is 0 Å². The highest BCUT2D eigenvalue weighted by Gasteiger charge is 3.11. The Morgan fingerprint density at radius 3 is 2.14 bits per heavy atom. The van der Waals surface area contributed by atoms with E-state index < -0.39 is 83.4 Å². The standard InChI is InChI=1S/C9N2O21P4/c12-2-1-3-10(4(13)11(2)30-33(14,18-1)19-3)8-6-5-7(20-8,26-34(15,24-6)27-8)9(22-32-35(16,23-5)25-6)28-36(17,29-9)31-21-5/t5-,6?,7-,8-,9?,33?,34?,35?,36?/m1/s1. The lowest BCUT2D eigenvalue weighted by Gasteiger charge is -2.50. The van der Waals surface area contributed by atoms with Crippen LogP contribution in [0.15, 0.2) is 9.59 Å². The van der Waals surface area contributed by atoms with E-state index in [0.717, 1.165) is 0 Å². The zero-order chi connectivity index (χ0) is 24.6. The third kappa shape index (κ3) is 1.61. The summed E-state index contributed by atoms with van der Waals surface area (Å²) in [7, 11) is -19.4. The molecule has 0 N–H and O–H groups in total. The highest BCUT2D eigenvalue weighted by Crippen LogP contribution is 2.94. The fourth-order valence-electron chi connectivity index (χ4n) is 4.99. The van der Waals surface area contributed by atoms with Gasteiger partial charge in [0.1, 0.15) is 0 Å². The van der Waals surface area contributed by atoms with Gasteiger partial charge in [0.25, 0.3) is 11.6 Å². The Morgan fingerprint density at radius 1 is 0.667 bits per heavy atom. The third-order valence-electron chi connectivity index (χ3n) is 6.13. The summed E-state index contributed by atoms with van der Waals surface area (Å²) in [4.78, 5) is 35.8. The average molecular weight is 596 g/mol. The molecule has 9 fully saturated rings. The maximum atomic E-state index is 13.5. The Labute approximate surface area is 190 Å². The van der Waals surface area contributed by atoms with Crippen LogP contribution >= 0.6 is 31.3 Å². The van der Waals surface area contributed by atoms with Crippen LogP contribution in [0.25, 0.3) is 0 Å². The second-order valence-electron chi connectivity index (χ2n) is 7.95. The number of phosphoric ester groups is 4. The Hall–Kier alpha value is -1.48. The lowest BCUT2D eigenvalue weighted by Crippen LogP contribution is -2.75. The fraction of sp³-hybridized carbons (Fsp3) is 0.556. The highest BCUT2D eigenvalue weighted by atomic mass is 31.2. The molecule has 11 aliphatic heterocycles. The minimum atomic E-state index is -5.10. The Balaban J connectivity index is 1.37. The fourth-order valence-corrected chi connectivity index (χ4v) is 10.7. The van der Waals surface area contributed by atoms with Gasteiger partial charge in [-0.3, -0.25) is 14.2 Å². The molecule has 7 atom stereocenters. The molecule has 11 bridgehead atoms. The average Bonchev–Trinajstić information content (AvgIpc) is 3.21. The molecule has 9 saturated heterocycles. The molecule has 23 nitrogen and oxygen atoms in total. The van der Waals surface area contributed by atoms with Gasteiger partial charge < -0.3 is 9.05 Å². The van der Waals surface area contributed by atoms with Gasteiger partial charge in [0, 0.05) is 0 Å². The number of rotatable bonds is 1. The van der Waals surface area contributed by atoms with Crippen molar-refractivity contribution in [2.75, 3.05) is 0 Å². The normalized spacial score (nSPS) is 60.7. The Morgan fingerprint density at radius 2 is 1.33 bits per heavy atom. The van der Waals surface area contributed by atoms with E-state index in [-0.39, 0.29) is 9.30 Å². The molecule has 0 radical (unpaired) electrons. The minimum Gasteiger partial charge on any atom is -0.373 e. The maximum Gasteiger partial charge on any atom is 0.668 e. The van der Waals surface area contributed by atoms with Crippen molar-refractivity contribution >= 4 is 31.3 Å². The molecule has 1 aromatic heterocycles. The van der Waals surface area contributed by atoms with Crippen LogP contribution in [-0.2, 0) is 79.7 Å². The zero-order valence-corrected chi connectivity index (χ0v) is 19.3. The van der Waals surface area contributed by atoms with Crippen molar-refractivity contribution in [1.29, 1.82) is 0 Å². The SMILES string of the molecule is O=c1c2c3n([C@@]45O[C@]67OP(=O)(OC48OP4(=O)OOC69OP(=O)(OO[C@@]87O4)O9)O5)c(=O)n1OP(=O)(O2)O3. The topological polar surface area (TPSA) is 251 Å². The Bertz CT molecular complexity index is 1750. The molecule has 0 aromatic carbocycles. The van der Waals surface area contributed by atoms with Crippen molar-refractivity contribution < 1.29 is 87.5 Å².